The Labute approximate surface area is 146 Å². The number of carbonyl (C=O) groups excluding carboxylic acids is 1. The number of hydrogen-bond donors (Lipinski definition) is 1. The molecule has 1 aliphatic heterocycles. The van der Waals surface area contributed by atoms with Crippen LogP contribution < -0.4 is 4.72 Å². The lowest BCUT2D eigenvalue weighted by molar-refractivity contribution is -0.129. The van der Waals surface area contributed by atoms with E-state index in [1.165, 1.54) is 31.2 Å². The predicted molar refractivity (Wildman–Crippen MR) is 91.7 cm³/mol. The number of nitrogens with one attached hydrogen (secondary N) is 1. The van der Waals surface area contributed by atoms with Crippen LogP contribution in [0.2, 0.25) is 0 Å². The molecule has 0 fully saturated rings. The largest absolute Gasteiger partial charge is 0.338 e. The van der Waals surface area contributed by atoms with Gasteiger partial charge in [-0.15, -0.1) is 0 Å². The first kappa shape index (κ1) is 17.6. The molecule has 0 unspecified atom stereocenters. The Balaban J connectivity index is 1.77. The van der Waals surface area contributed by atoms with Crippen LogP contribution >= 0.6 is 0 Å². The maximum atomic E-state index is 12.9. The molecule has 2 aromatic carbocycles. The lowest BCUT2D eigenvalue weighted by atomic mass is 10.00. The second-order valence-electron chi connectivity index (χ2n) is 6.07. The third-order valence-electron chi connectivity index (χ3n) is 4.33. The van der Waals surface area contributed by atoms with Gasteiger partial charge in [-0.2, -0.15) is 0 Å². The molecule has 3 rings (SSSR count). The van der Waals surface area contributed by atoms with Crippen LogP contribution in [0.3, 0.4) is 0 Å². The number of rotatable bonds is 4. The summed E-state index contributed by atoms with van der Waals surface area (Å²) in [6.07, 6.45) is 0.720. The zero-order valence-electron chi connectivity index (χ0n) is 13.8. The average Bonchev–Trinajstić information content (AvgIpc) is 2.60. The summed E-state index contributed by atoms with van der Waals surface area (Å²) in [7, 11) is -3.69. The molecule has 0 saturated carbocycles. The number of halogens is 1. The van der Waals surface area contributed by atoms with Gasteiger partial charge in [0.25, 0.3) is 0 Å². The van der Waals surface area contributed by atoms with E-state index >= 15 is 0 Å². The molecule has 1 heterocycles. The van der Waals surface area contributed by atoms with Crippen molar-refractivity contribution in [3.8, 4) is 0 Å². The molecule has 0 aromatic heterocycles. The fourth-order valence-electron chi connectivity index (χ4n) is 2.83. The van der Waals surface area contributed by atoms with Crippen molar-refractivity contribution in [2.24, 2.45) is 0 Å². The van der Waals surface area contributed by atoms with Crippen LogP contribution in [0.25, 0.3) is 0 Å². The molecule has 0 aliphatic carbocycles. The highest BCUT2D eigenvalue weighted by Crippen LogP contribution is 2.22. The monoisotopic (exact) mass is 362 g/mol. The van der Waals surface area contributed by atoms with Gasteiger partial charge in [0, 0.05) is 26.6 Å². The predicted octanol–water partition coefficient (Wildman–Crippen LogP) is 2.21. The van der Waals surface area contributed by atoms with Crippen molar-refractivity contribution in [3.05, 3.63) is 65.0 Å². The minimum Gasteiger partial charge on any atom is -0.338 e. The first-order valence-corrected chi connectivity index (χ1v) is 9.45. The number of fused-ring (bicyclic) bond motifs is 1. The molecule has 25 heavy (non-hydrogen) atoms. The van der Waals surface area contributed by atoms with Crippen molar-refractivity contribution in [1.29, 1.82) is 0 Å². The minimum atomic E-state index is -3.69. The summed E-state index contributed by atoms with van der Waals surface area (Å²) < 4.78 is 40.4. The molecule has 0 radical (unpaired) electrons. The summed E-state index contributed by atoms with van der Waals surface area (Å²) in [5.41, 5.74) is 2.59. The van der Waals surface area contributed by atoms with E-state index in [4.69, 9.17) is 0 Å². The summed E-state index contributed by atoms with van der Waals surface area (Å²) in [5.74, 6) is -0.385. The fourth-order valence-corrected chi connectivity index (χ4v) is 3.90. The fraction of sp³-hybridized carbons (Fsp3) is 0.278. The van der Waals surface area contributed by atoms with E-state index in [1.54, 1.807) is 23.1 Å². The second kappa shape index (κ2) is 6.93. The number of carbonyl (C=O) groups is 1. The Morgan fingerprint density at radius 3 is 2.56 bits per heavy atom. The summed E-state index contributed by atoms with van der Waals surface area (Å²) in [5, 5.41) is 0. The molecule has 2 aromatic rings. The van der Waals surface area contributed by atoms with E-state index in [2.05, 4.69) is 4.72 Å². The van der Waals surface area contributed by atoms with Gasteiger partial charge in [-0.05, 0) is 47.4 Å². The lowest BCUT2D eigenvalue weighted by Crippen LogP contribution is -2.34. The van der Waals surface area contributed by atoms with Crippen molar-refractivity contribution in [3.63, 3.8) is 0 Å². The molecule has 0 saturated heterocycles. The van der Waals surface area contributed by atoms with E-state index in [0.717, 1.165) is 17.5 Å². The van der Waals surface area contributed by atoms with E-state index in [1.807, 2.05) is 0 Å². The highest BCUT2D eigenvalue weighted by atomic mass is 32.2. The zero-order valence-corrected chi connectivity index (χ0v) is 14.6. The van der Waals surface area contributed by atoms with Gasteiger partial charge in [-0.3, -0.25) is 4.79 Å². The SMILES string of the molecule is CC(=O)N1CCc2ccc(S(=O)(=O)NCc3ccc(F)cc3)cc2C1. The molecule has 1 amide bonds. The number of nitrogens with zero attached hydrogens (tertiary/aromatic N) is 1. The second-order valence-corrected chi connectivity index (χ2v) is 7.84. The number of benzene rings is 2. The van der Waals surface area contributed by atoms with Crippen LogP contribution in [0.15, 0.2) is 47.4 Å². The first-order chi connectivity index (χ1) is 11.8. The minimum absolute atomic E-state index is 0.0201. The highest BCUT2D eigenvalue weighted by molar-refractivity contribution is 7.89. The van der Waals surface area contributed by atoms with Gasteiger partial charge in [0.2, 0.25) is 15.9 Å². The molecular weight excluding hydrogens is 343 g/mol. The Morgan fingerprint density at radius 1 is 1.16 bits per heavy atom. The summed E-state index contributed by atoms with van der Waals surface area (Å²) in [6.45, 7) is 2.67. The normalized spacial score (nSPS) is 14.2. The molecule has 1 N–H and O–H groups in total. The van der Waals surface area contributed by atoms with Crippen molar-refractivity contribution in [2.45, 2.75) is 31.3 Å². The number of sulfonamides is 1. The third-order valence-corrected chi connectivity index (χ3v) is 5.72. The smallest absolute Gasteiger partial charge is 0.240 e. The van der Waals surface area contributed by atoms with Gasteiger partial charge in [-0.1, -0.05) is 18.2 Å². The number of hydrogen-bond acceptors (Lipinski definition) is 3. The quantitative estimate of drug-likeness (QED) is 0.907. The van der Waals surface area contributed by atoms with E-state index in [0.29, 0.717) is 18.7 Å². The van der Waals surface area contributed by atoms with Crippen molar-refractivity contribution in [1.82, 2.24) is 9.62 Å². The molecule has 0 atom stereocenters. The van der Waals surface area contributed by atoms with Gasteiger partial charge < -0.3 is 4.90 Å². The van der Waals surface area contributed by atoms with E-state index < -0.39 is 10.0 Å². The Morgan fingerprint density at radius 2 is 1.88 bits per heavy atom. The Bertz CT molecular complexity index is 895. The van der Waals surface area contributed by atoms with Gasteiger partial charge in [0.15, 0.2) is 0 Å². The maximum Gasteiger partial charge on any atom is 0.240 e. The van der Waals surface area contributed by atoms with Crippen LogP contribution in [-0.4, -0.2) is 25.8 Å². The van der Waals surface area contributed by atoms with E-state index in [-0.39, 0.29) is 23.2 Å². The van der Waals surface area contributed by atoms with Crippen LogP contribution in [0, 0.1) is 5.82 Å². The molecule has 132 valence electrons. The molecule has 7 heteroatoms. The average molecular weight is 362 g/mol. The van der Waals surface area contributed by atoms with Crippen LogP contribution in [0.4, 0.5) is 4.39 Å². The van der Waals surface area contributed by atoms with Gasteiger partial charge in [0.1, 0.15) is 5.82 Å². The van der Waals surface area contributed by atoms with Crippen molar-refractivity contribution in [2.75, 3.05) is 6.54 Å². The lowest BCUT2D eigenvalue weighted by Gasteiger charge is -2.28. The van der Waals surface area contributed by atoms with Gasteiger partial charge >= 0.3 is 0 Å². The highest BCUT2D eigenvalue weighted by Gasteiger charge is 2.21. The molecule has 0 spiro atoms. The summed E-state index contributed by atoms with van der Waals surface area (Å²) in [4.78, 5) is 13.4. The Hall–Kier alpha value is -2.25. The van der Waals surface area contributed by atoms with E-state index in [9.17, 15) is 17.6 Å². The molecule has 5 nitrogen and oxygen atoms in total. The molecule has 1 aliphatic rings. The summed E-state index contributed by atoms with van der Waals surface area (Å²) in [6, 6.07) is 10.7. The van der Waals surface area contributed by atoms with Crippen molar-refractivity contribution >= 4 is 15.9 Å². The summed E-state index contributed by atoms with van der Waals surface area (Å²) >= 11 is 0. The third kappa shape index (κ3) is 4.05. The van der Waals surface area contributed by atoms with Crippen molar-refractivity contribution < 1.29 is 17.6 Å². The van der Waals surface area contributed by atoms with Gasteiger partial charge in [0.05, 0.1) is 4.90 Å². The molecular formula is C18H19FN2O3S. The van der Waals surface area contributed by atoms with Crippen LogP contribution in [-0.2, 0) is 34.3 Å². The number of amides is 1. The maximum absolute atomic E-state index is 12.9. The first-order valence-electron chi connectivity index (χ1n) is 7.96. The van der Waals surface area contributed by atoms with Crippen LogP contribution in [0.5, 0.6) is 0 Å². The Kier molecular flexibility index (Phi) is 4.87. The molecule has 0 bridgehead atoms. The topological polar surface area (TPSA) is 66.5 Å². The van der Waals surface area contributed by atoms with Gasteiger partial charge in [-0.25, -0.2) is 17.5 Å². The zero-order chi connectivity index (χ0) is 18.0. The van der Waals surface area contributed by atoms with Crippen LogP contribution in [0.1, 0.15) is 23.6 Å². The standard InChI is InChI=1S/C18H19FN2O3S/c1-13(22)21-9-8-15-4-7-18(10-16(15)12-21)25(23,24)20-11-14-2-5-17(19)6-3-14/h2-7,10,20H,8-9,11-12H2,1H3.